The Morgan fingerprint density at radius 3 is 1.94 bits per heavy atom. The van der Waals surface area contributed by atoms with Crippen LogP contribution in [0.2, 0.25) is 0 Å². The number of alkyl halides is 6. The molecule has 0 aliphatic carbocycles. The number of aliphatic carboxylic acids is 2. The van der Waals surface area contributed by atoms with Gasteiger partial charge in [0.05, 0.1) is 0 Å². The van der Waals surface area contributed by atoms with Gasteiger partial charge < -0.3 is 24.4 Å². The maximum atomic E-state index is 10.6. The van der Waals surface area contributed by atoms with Gasteiger partial charge in [0.25, 0.3) is 0 Å². The van der Waals surface area contributed by atoms with Crippen molar-refractivity contribution in [2.45, 2.75) is 24.8 Å². The van der Waals surface area contributed by atoms with Crippen molar-refractivity contribution >= 4 is 18.0 Å². The number of likely N-dealkylation sites (N-methyl/N-ethyl adjacent to an activating group) is 1. The lowest BCUT2D eigenvalue weighted by Crippen LogP contribution is -2.41. The molecule has 15 heteroatoms. The van der Waals surface area contributed by atoms with Crippen molar-refractivity contribution < 1.29 is 50.6 Å². The molecule has 2 fully saturated rings. The van der Waals surface area contributed by atoms with Crippen LogP contribution in [0, 0.1) is 5.92 Å². The standard InChI is InChI=1S/C15H18N4O.2C2HF3O2/c1-18-8-11-7-13(18)10-19(9-11)15-17-16-14(20-15)12-5-3-2-4-6-12;2*3-2(4,5)1(6)7/h2-6,11,13H,7-10H2,1H3;2*(H,6,7). The number of carboxylic acid groups (broad SMARTS) is 2. The van der Waals surface area contributed by atoms with Gasteiger partial charge in [0, 0.05) is 31.2 Å². The van der Waals surface area contributed by atoms with Crippen LogP contribution in [0.3, 0.4) is 0 Å². The van der Waals surface area contributed by atoms with E-state index in [0.29, 0.717) is 17.9 Å². The van der Waals surface area contributed by atoms with Crippen LogP contribution in [-0.2, 0) is 9.59 Å². The first-order chi connectivity index (χ1) is 15.7. The fourth-order valence-electron chi connectivity index (χ4n) is 3.38. The van der Waals surface area contributed by atoms with Crippen LogP contribution < -0.4 is 4.90 Å². The molecule has 0 amide bonds. The Morgan fingerprint density at radius 1 is 0.941 bits per heavy atom. The number of benzene rings is 1. The summed E-state index contributed by atoms with van der Waals surface area (Å²) in [5.41, 5.74) is 0.975. The summed E-state index contributed by atoms with van der Waals surface area (Å²) < 4.78 is 69.3. The molecular weight excluding hydrogens is 478 g/mol. The maximum Gasteiger partial charge on any atom is 0.490 e. The molecule has 2 unspecified atom stereocenters. The number of nitrogens with zero attached hydrogens (tertiary/aromatic N) is 4. The summed E-state index contributed by atoms with van der Waals surface area (Å²) in [4.78, 5) is 22.5. The van der Waals surface area contributed by atoms with Crippen molar-refractivity contribution in [1.29, 1.82) is 0 Å². The van der Waals surface area contributed by atoms with Crippen molar-refractivity contribution in [1.82, 2.24) is 15.1 Å². The number of carboxylic acids is 2. The van der Waals surface area contributed by atoms with Gasteiger partial charge in [0.15, 0.2) is 0 Å². The predicted octanol–water partition coefficient (Wildman–Crippen LogP) is 3.14. The summed E-state index contributed by atoms with van der Waals surface area (Å²) in [5.74, 6) is -4.18. The second-order valence-corrected chi connectivity index (χ2v) is 7.46. The Morgan fingerprint density at radius 2 is 1.47 bits per heavy atom. The van der Waals surface area contributed by atoms with Gasteiger partial charge in [-0.05, 0) is 31.5 Å². The van der Waals surface area contributed by atoms with E-state index >= 15 is 0 Å². The van der Waals surface area contributed by atoms with E-state index < -0.39 is 24.3 Å². The van der Waals surface area contributed by atoms with Gasteiger partial charge >= 0.3 is 30.3 Å². The van der Waals surface area contributed by atoms with E-state index in [9.17, 15) is 26.3 Å². The molecule has 2 aliphatic rings. The number of anilines is 1. The SMILES string of the molecule is CN1CC2CC1CN(c1nnc(-c3ccccc3)o1)C2.O=C(O)C(F)(F)F.O=C(O)C(F)(F)F. The number of hydrogen-bond donors (Lipinski definition) is 2. The average Bonchev–Trinajstić information content (AvgIpc) is 3.33. The zero-order chi connectivity index (χ0) is 25.7. The van der Waals surface area contributed by atoms with E-state index in [-0.39, 0.29) is 0 Å². The highest BCUT2D eigenvalue weighted by Crippen LogP contribution is 2.31. The van der Waals surface area contributed by atoms with Crippen LogP contribution in [-0.4, -0.2) is 82.3 Å². The number of aromatic nitrogens is 2. The molecule has 3 heterocycles. The van der Waals surface area contributed by atoms with E-state index in [0.717, 1.165) is 24.6 Å². The summed E-state index contributed by atoms with van der Waals surface area (Å²) in [7, 11) is 2.21. The van der Waals surface area contributed by atoms with E-state index in [2.05, 4.69) is 27.0 Å². The van der Waals surface area contributed by atoms with Gasteiger partial charge in [-0.1, -0.05) is 23.3 Å². The Kier molecular flexibility index (Phi) is 8.47. The molecule has 34 heavy (non-hydrogen) atoms. The highest BCUT2D eigenvalue weighted by Gasteiger charge is 2.39. The summed E-state index contributed by atoms with van der Waals surface area (Å²) >= 11 is 0. The molecule has 4 rings (SSSR count). The van der Waals surface area contributed by atoms with E-state index in [1.807, 2.05) is 30.3 Å². The molecule has 1 aromatic heterocycles. The Labute approximate surface area is 188 Å². The highest BCUT2D eigenvalue weighted by atomic mass is 19.4. The molecule has 2 atom stereocenters. The number of rotatable bonds is 2. The van der Waals surface area contributed by atoms with Gasteiger partial charge in [-0.3, -0.25) is 0 Å². The van der Waals surface area contributed by atoms with E-state index in [1.54, 1.807) is 0 Å². The zero-order valence-electron chi connectivity index (χ0n) is 17.5. The van der Waals surface area contributed by atoms with Crippen molar-refractivity contribution in [3.8, 4) is 11.5 Å². The maximum absolute atomic E-state index is 10.6. The lowest BCUT2D eigenvalue weighted by atomic mass is 10.0. The Balaban J connectivity index is 0.000000244. The molecule has 2 aliphatic heterocycles. The molecule has 2 saturated heterocycles. The normalized spacial score (nSPS) is 20.0. The number of carbonyl (C=O) groups is 2. The average molecular weight is 498 g/mol. The lowest BCUT2D eigenvalue weighted by Gasteiger charge is -2.30. The first-order valence-electron chi connectivity index (χ1n) is 9.62. The smallest absolute Gasteiger partial charge is 0.475 e. The number of fused-ring (bicyclic) bond motifs is 2. The summed E-state index contributed by atoms with van der Waals surface area (Å²) in [6.07, 6.45) is -8.87. The van der Waals surface area contributed by atoms with Crippen LogP contribution in [0.15, 0.2) is 34.7 Å². The van der Waals surface area contributed by atoms with Gasteiger partial charge in [0.2, 0.25) is 5.89 Å². The minimum atomic E-state index is -5.08. The van der Waals surface area contributed by atoms with E-state index in [1.165, 1.54) is 13.0 Å². The minimum Gasteiger partial charge on any atom is -0.475 e. The van der Waals surface area contributed by atoms with Crippen molar-refractivity contribution in [2.75, 3.05) is 31.6 Å². The molecule has 2 N–H and O–H groups in total. The molecule has 188 valence electrons. The molecule has 2 aromatic rings. The number of halogens is 6. The monoisotopic (exact) mass is 498 g/mol. The molecule has 0 radical (unpaired) electrons. The quantitative estimate of drug-likeness (QED) is 0.602. The lowest BCUT2D eigenvalue weighted by molar-refractivity contribution is -0.193. The first kappa shape index (κ1) is 26.9. The topological polar surface area (TPSA) is 120 Å². The molecule has 0 spiro atoms. The van der Waals surface area contributed by atoms with Gasteiger partial charge in [-0.2, -0.15) is 26.3 Å². The molecule has 1 aromatic carbocycles. The van der Waals surface area contributed by atoms with Gasteiger partial charge in [0.1, 0.15) is 0 Å². The minimum absolute atomic E-state index is 0.604. The summed E-state index contributed by atoms with van der Waals surface area (Å²) in [6.45, 7) is 3.20. The second kappa shape index (κ2) is 10.7. The van der Waals surface area contributed by atoms with Gasteiger partial charge in [-0.15, -0.1) is 5.10 Å². The van der Waals surface area contributed by atoms with Crippen molar-refractivity contribution in [3.05, 3.63) is 30.3 Å². The molecule has 0 saturated carbocycles. The third kappa shape index (κ3) is 7.60. The Hall–Kier alpha value is -3.36. The fourth-order valence-corrected chi connectivity index (χ4v) is 3.38. The van der Waals surface area contributed by atoms with Crippen molar-refractivity contribution in [2.24, 2.45) is 5.92 Å². The summed E-state index contributed by atoms with van der Waals surface area (Å²) in [6, 6.07) is 11.2. The van der Waals surface area contributed by atoms with E-state index in [4.69, 9.17) is 24.2 Å². The van der Waals surface area contributed by atoms with Crippen LogP contribution in [0.4, 0.5) is 32.4 Å². The predicted molar refractivity (Wildman–Crippen MR) is 104 cm³/mol. The first-order valence-corrected chi connectivity index (χ1v) is 9.62. The molecular formula is C19H20F6N4O5. The zero-order valence-corrected chi connectivity index (χ0v) is 17.5. The van der Waals surface area contributed by atoms with Crippen LogP contribution in [0.25, 0.3) is 11.5 Å². The van der Waals surface area contributed by atoms with Crippen molar-refractivity contribution in [3.63, 3.8) is 0 Å². The van der Waals surface area contributed by atoms with Gasteiger partial charge in [-0.25, -0.2) is 9.59 Å². The number of likely N-dealkylation sites (tertiary alicyclic amines) is 1. The largest absolute Gasteiger partial charge is 0.490 e. The molecule has 2 bridgehead atoms. The second-order valence-electron chi connectivity index (χ2n) is 7.46. The third-order valence-electron chi connectivity index (χ3n) is 4.88. The van der Waals surface area contributed by atoms with Crippen LogP contribution in [0.1, 0.15) is 6.42 Å². The number of hydrogen-bond acceptors (Lipinski definition) is 7. The highest BCUT2D eigenvalue weighted by molar-refractivity contribution is 5.73. The summed E-state index contributed by atoms with van der Waals surface area (Å²) in [5, 5.41) is 22.7. The third-order valence-corrected chi connectivity index (χ3v) is 4.88. The van der Waals surface area contributed by atoms with Crippen LogP contribution in [0.5, 0.6) is 0 Å². The van der Waals surface area contributed by atoms with Crippen LogP contribution >= 0.6 is 0 Å². The molecule has 9 nitrogen and oxygen atoms in total. The number of piperidine rings is 1. The fraction of sp³-hybridized carbons (Fsp3) is 0.474. The Bertz CT molecular complexity index is 940.